The minimum absolute atomic E-state index is 0.565. The van der Waals surface area contributed by atoms with Gasteiger partial charge in [0.2, 0.25) is 0 Å². The van der Waals surface area contributed by atoms with Crippen LogP contribution in [-0.4, -0.2) is 24.6 Å². The third-order valence-corrected chi connectivity index (χ3v) is 3.42. The summed E-state index contributed by atoms with van der Waals surface area (Å²) in [5.41, 5.74) is 1.35. The van der Waals surface area contributed by atoms with Crippen LogP contribution in [0.2, 0.25) is 0 Å². The number of nitrogens with zero attached hydrogens (tertiary/aromatic N) is 1. The Morgan fingerprint density at radius 1 is 1.53 bits per heavy atom. The lowest BCUT2D eigenvalue weighted by molar-refractivity contribution is 0.392. The van der Waals surface area contributed by atoms with Crippen molar-refractivity contribution < 1.29 is 0 Å². The van der Waals surface area contributed by atoms with Gasteiger partial charge in [0, 0.05) is 12.7 Å². The maximum atomic E-state index is 4.37. The van der Waals surface area contributed by atoms with Gasteiger partial charge in [-0.3, -0.25) is 0 Å². The second-order valence-electron chi connectivity index (χ2n) is 5.22. The second-order valence-corrected chi connectivity index (χ2v) is 5.22. The molecular formula is C14H23N3. The third-order valence-electron chi connectivity index (χ3n) is 3.42. The second kappa shape index (κ2) is 6.01. The normalized spacial score (nSPS) is 20.5. The zero-order chi connectivity index (χ0) is 12.1. The molecule has 1 aliphatic heterocycles. The van der Waals surface area contributed by atoms with Crippen LogP contribution in [0.15, 0.2) is 18.3 Å². The molecule has 2 N–H and O–H groups in total. The first-order valence-corrected chi connectivity index (χ1v) is 6.66. The fourth-order valence-corrected chi connectivity index (χ4v) is 2.25. The van der Waals surface area contributed by atoms with Crippen LogP contribution in [0.5, 0.6) is 0 Å². The van der Waals surface area contributed by atoms with Crippen LogP contribution < -0.4 is 10.6 Å². The van der Waals surface area contributed by atoms with Gasteiger partial charge in [0.25, 0.3) is 0 Å². The van der Waals surface area contributed by atoms with E-state index < -0.39 is 0 Å². The van der Waals surface area contributed by atoms with Gasteiger partial charge in [-0.1, -0.05) is 13.8 Å². The highest BCUT2D eigenvalue weighted by Crippen LogP contribution is 2.17. The zero-order valence-corrected chi connectivity index (χ0v) is 10.9. The van der Waals surface area contributed by atoms with E-state index in [1.54, 1.807) is 0 Å². The van der Waals surface area contributed by atoms with Crippen molar-refractivity contribution in [2.75, 3.05) is 25.0 Å². The minimum Gasteiger partial charge on any atom is -0.370 e. The number of piperidine rings is 1. The molecule has 0 aliphatic carbocycles. The standard InChI is InChI=1S/C14H23N3/c1-11(2)13-5-7-16-14(8-13)17-10-12-4-3-6-15-9-12/h5,7-8,11-12,15H,3-4,6,9-10H2,1-2H3,(H,16,17). The Hall–Kier alpha value is -1.09. The van der Waals surface area contributed by atoms with Gasteiger partial charge in [-0.15, -0.1) is 0 Å². The molecule has 3 heteroatoms. The van der Waals surface area contributed by atoms with Crippen molar-refractivity contribution in [2.24, 2.45) is 5.92 Å². The smallest absolute Gasteiger partial charge is 0.126 e. The summed E-state index contributed by atoms with van der Waals surface area (Å²) in [5, 5.41) is 6.90. The molecule has 1 atom stereocenters. The lowest BCUT2D eigenvalue weighted by atomic mass is 10.00. The Morgan fingerprint density at radius 3 is 3.12 bits per heavy atom. The van der Waals surface area contributed by atoms with Crippen LogP contribution in [0.1, 0.15) is 38.2 Å². The van der Waals surface area contributed by atoms with Crippen LogP contribution in [-0.2, 0) is 0 Å². The summed E-state index contributed by atoms with van der Waals surface area (Å²) in [4.78, 5) is 4.37. The number of aromatic nitrogens is 1. The number of anilines is 1. The lowest BCUT2D eigenvalue weighted by Gasteiger charge is -2.23. The molecule has 0 aromatic carbocycles. The molecular weight excluding hydrogens is 210 g/mol. The molecule has 1 unspecified atom stereocenters. The molecule has 0 amide bonds. The van der Waals surface area contributed by atoms with Crippen molar-refractivity contribution in [2.45, 2.75) is 32.6 Å². The van der Waals surface area contributed by atoms with E-state index >= 15 is 0 Å². The highest BCUT2D eigenvalue weighted by molar-refractivity contribution is 5.38. The van der Waals surface area contributed by atoms with E-state index in [1.165, 1.54) is 24.9 Å². The number of hydrogen-bond donors (Lipinski definition) is 2. The first-order chi connectivity index (χ1) is 8.25. The van der Waals surface area contributed by atoms with Crippen LogP contribution >= 0.6 is 0 Å². The lowest BCUT2D eigenvalue weighted by Crippen LogP contribution is -2.33. The fraction of sp³-hybridized carbons (Fsp3) is 0.643. The average Bonchev–Trinajstić information content (AvgIpc) is 2.38. The summed E-state index contributed by atoms with van der Waals surface area (Å²) >= 11 is 0. The van der Waals surface area contributed by atoms with E-state index in [-0.39, 0.29) is 0 Å². The predicted molar refractivity (Wildman–Crippen MR) is 72.4 cm³/mol. The molecule has 1 aliphatic rings. The molecule has 2 heterocycles. The van der Waals surface area contributed by atoms with Gasteiger partial charge >= 0.3 is 0 Å². The molecule has 0 spiro atoms. The Balaban J connectivity index is 1.87. The topological polar surface area (TPSA) is 37.0 Å². The molecule has 0 saturated carbocycles. The van der Waals surface area contributed by atoms with E-state index in [0.29, 0.717) is 5.92 Å². The summed E-state index contributed by atoms with van der Waals surface area (Å²) in [6, 6.07) is 4.26. The van der Waals surface area contributed by atoms with E-state index in [2.05, 4.69) is 41.6 Å². The summed E-state index contributed by atoms with van der Waals surface area (Å²) in [6.45, 7) is 7.77. The van der Waals surface area contributed by atoms with Crippen molar-refractivity contribution in [1.82, 2.24) is 10.3 Å². The van der Waals surface area contributed by atoms with Crippen LogP contribution in [0.3, 0.4) is 0 Å². The molecule has 1 fully saturated rings. The molecule has 3 nitrogen and oxygen atoms in total. The van der Waals surface area contributed by atoms with E-state index in [1.807, 2.05) is 6.20 Å². The highest BCUT2D eigenvalue weighted by atomic mass is 15.0. The summed E-state index contributed by atoms with van der Waals surface area (Å²) < 4.78 is 0. The van der Waals surface area contributed by atoms with Crippen LogP contribution in [0.4, 0.5) is 5.82 Å². The Labute approximate surface area is 104 Å². The molecule has 0 bridgehead atoms. The van der Waals surface area contributed by atoms with Crippen LogP contribution in [0, 0.1) is 5.92 Å². The van der Waals surface area contributed by atoms with Gasteiger partial charge in [0.1, 0.15) is 5.82 Å². The van der Waals surface area contributed by atoms with Crippen molar-refractivity contribution in [3.63, 3.8) is 0 Å². The minimum atomic E-state index is 0.565. The molecule has 94 valence electrons. The fourth-order valence-electron chi connectivity index (χ4n) is 2.25. The predicted octanol–water partition coefficient (Wildman–Crippen LogP) is 2.62. The van der Waals surface area contributed by atoms with E-state index in [9.17, 15) is 0 Å². The number of nitrogens with one attached hydrogen (secondary N) is 2. The molecule has 1 aromatic heterocycles. The van der Waals surface area contributed by atoms with Gasteiger partial charge in [0.15, 0.2) is 0 Å². The van der Waals surface area contributed by atoms with Crippen LogP contribution in [0.25, 0.3) is 0 Å². The van der Waals surface area contributed by atoms with E-state index in [4.69, 9.17) is 0 Å². The summed E-state index contributed by atoms with van der Waals surface area (Å²) in [7, 11) is 0. The van der Waals surface area contributed by atoms with E-state index in [0.717, 1.165) is 24.8 Å². The van der Waals surface area contributed by atoms with Gasteiger partial charge < -0.3 is 10.6 Å². The highest BCUT2D eigenvalue weighted by Gasteiger charge is 2.12. The zero-order valence-electron chi connectivity index (χ0n) is 10.9. The van der Waals surface area contributed by atoms with Crippen molar-refractivity contribution in [1.29, 1.82) is 0 Å². The monoisotopic (exact) mass is 233 g/mol. The SMILES string of the molecule is CC(C)c1ccnc(NCC2CCCNC2)c1. The molecule has 2 rings (SSSR count). The van der Waals surface area contributed by atoms with Gasteiger partial charge in [-0.05, 0) is 55.5 Å². The largest absolute Gasteiger partial charge is 0.370 e. The number of rotatable bonds is 4. The molecule has 1 saturated heterocycles. The number of hydrogen-bond acceptors (Lipinski definition) is 3. The Kier molecular flexibility index (Phi) is 4.37. The quantitative estimate of drug-likeness (QED) is 0.839. The Morgan fingerprint density at radius 2 is 2.41 bits per heavy atom. The van der Waals surface area contributed by atoms with Gasteiger partial charge in [-0.2, -0.15) is 0 Å². The maximum Gasteiger partial charge on any atom is 0.126 e. The molecule has 17 heavy (non-hydrogen) atoms. The first kappa shape index (κ1) is 12.4. The molecule has 1 aromatic rings. The van der Waals surface area contributed by atoms with Crippen molar-refractivity contribution in [3.8, 4) is 0 Å². The molecule has 0 radical (unpaired) electrons. The first-order valence-electron chi connectivity index (χ1n) is 6.66. The average molecular weight is 233 g/mol. The van der Waals surface area contributed by atoms with Gasteiger partial charge in [0.05, 0.1) is 0 Å². The summed E-state index contributed by atoms with van der Waals surface area (Å²) in [5.74, 6) is 2.32. The third kappa shape index (κ3) is 3.70. The maximum absolute atomic E-state index is 4.37. The Bertz CT molecular complexity index is 343. The van der Waals surface area contributed by atoms with Crippen molar-refractivity contribution >= 4 is 5.82 Å². The summed E-state index contributed by atoms with van der Waals surface area (Å²) in [6.07, 6.45) is 4.52. The van der Waals surface area contributed by atoms with Gasteiger partial charge in [-0.25, -0.2) is 4.98 Å². The van der Waals surface area contributed by atoms with Crippen molar-refractivity contribution in [3.05, 3.63) is 23.9 Å². The number of pyridine rings is 1.